The van der Waals surface area contributed by atoms with Crippen LogP contribution in [0.15, 0.2) is 72.8 Å². The van der Waals surface area contributed by atoms with E-state index in [-0.39, 0.29) is 18.4 Å². The fourth-order valence-electron chi connectivity index (χ4n) is 2.98. The Morgan fingerprint density at radius 2 is 1.77 bits per heavy atom. The number of benzene rings is 3. The molecule has 1 heterocycles. The first kappa shape index (κ1) is 21.6. The van der Waals surface area contributed by atoms with Crippen LogP contribution < -0.4 is 5.32 Å². The monoisotopic (exact) mass is 439 g/mol. The minimum absolute atomic E-state index is 0. The molecular weight excluding hydrogens is 421 g/mol. The molecular formula is C23H19Cl2N3O2. The molecule has 0 atom stereocenters. The maximum Gasteiger partial charge on any atom is 0.338 e. The molecule has 0 radical (unpaired) electrons. The SMILES string of the molecule is CCOC(=O)c1cccc(Nc2nc(-c3ccc(Cl)cc3)nc3ccccc23)c1.Cl. The highest BCUT2D eigenvalue weighted by atomic mass is 35.5. The number of nitrogens with one attached hydrogen (secondary N) is 1. The number of halogens is 2. The Morgan fingerprint density at radius 3 is 2.53 bits per heavy atom. The van der Waals surface area contributed by atoms with Crippen molar-refractivity contribution in [2.75, 3.05) is 11.9 Å². The molecule has 1 aromatic heterocycles. The lowest BCUT2D eigenvalue weighted by Gasteiger charge is -2.12. The van der Waals surface area contributed by atoms with Crippen molar-refractivity contribution in [3.8, 4) is 11.4 Å². The van der Waals surface area contributed by atoms with E-state index in [0.717, 1.165) is 22.2 Å². The summed E-state index contributed by atoms with van der Waals surface area (Å²) in [7, 11) is 0. The number of anilines is 2. The van der Waals surface area contributed by atoms with E-state index in [4.69, 9.17) is 21.3 Å². The van der Waals surface area contributed by atoms with Gasteiger partial charge in [-0.25, -0.2) is 14.8 Å². The van der Waals surface area contributed by atoms with Gasteiger partial charge in [-0.2, -0.15) is 0 Å². The van der Waals surface area contributed by atoms with Gasteiger partial charge in [0.05, 0.1) is 17.7 Å². The van der Waals surface area contributed by atoms with Crippen molar-refractivity contribution >= 4 is 52.4 Å². The van der Waals surface area contributed by atoms with Crippen LogP contribution in [0.1, 0.15) is 17.3 Å². The quantitative estimate of drug-likeness (QED) is 0.370. The smallest absolute Gasteiger partial charge is 0.338 e. The van der Waals surface area contributed by atoms with Crippen LogP contribution in [0.4, 0.5) is 11.5 Å². The van der Waals surface area contributed by atoms with E-state index >= 15 is 0 Å². The van der Waals surface area contributed by atoms with Gasteiger partial charge in [0.15, 0.2) is 5.82 Å². The summed E-state index contributed by atoms with van der Waals surface area (Å²) in [5.74, 6) is 0.886. The second-order valence-corrected chi connectivity index (χ2v) is 6.78. The zero-order chi connectivity index (χ0) is 20.2. The number of carbonyl (C=O) groups excluding carboxylic acids is 1. The predicted octanol–water partition coefficient (Wildman–Crippen LogP) is 6.29. The number of para-hydroxylation sites is 1. The Bertz CT molecular complexity index is 1180. The summed E-state index contributed by atoms with van der Waals surface area (Å²) in [4.78, 5) is 21.4. The number of rotatable bonds is 5. The Kier molecular flexibility index (Phi) is 6.87. The molecule has 4 rings (SSSR count). The van der Waals surface area contributed by atoms with E-state index < -0.39 is 0 Å². The van der Waals surface area contributed by atoms with E-state index in [0.29, 0.717) is 28.8 Å². The second-order valence-electron chi connectivity index (χ2n) is 6.35. The predicted molar refractivity (Wildman–Crippen MR) is 123 cm³/mol. The largest absolute Gasteiger partial charge is 0.462 e. The van der Waals surface area contributed by atoms with Crippen LogP contribution in [0.3, 0.4) is 0 Å². The molecule has 152 valence electrons. The van der Waals surface area contributed by atoms with Crippen LogP contribution in [0, 0.1) is 0 Å². The standard InChI is InChI=1S/C23H18ClN3O2.ClH/c1-2-29-23(28)16-6-5-7-18(14-16)25-22-19-8-3-4-9-20(19)26-21(27-22)15-10-12-17(24)13-11-15;/h3-14H,2H2,1H3,(H,25,26,27);1H. The molecule has 0 amide bonds. The summed E-state index contributed by atoms with van der Waals surface area (Å²) in [5, 5.41) is 4.86. The highest BCUT2D eigenvalue weighted by Crippen LogP contribution is 2.28. The Hall–Kier alpha value is -3.15. The first-order valence-corrected chi connectivity index (χ1v) is 9.59. The molecule has 0 spiro atoms. The minimum Gasteiger partial charge on any atom is -0.462 e. The summed E-state index contributed by atoms with van der Waals surface area (Å²) < 4.78 is 5.09. The summed E-state index contributed by atoms with van der Waals surface area (Å²) in [6.45, 7) is 2.11. The number of hydrogen-bond acceptors (Lipinski definition) is 5. The summed E-state index contributed by atoms with van der Waals surface area (Å²) in [6, 6.07) is 22.3. The molecule has 0 aliphatic heterocycles. The van der Waals surface area contributed by atoms with Crippen LogP contribution in [0.25, 0.3) is 22.3 Å². The van der Waals surface area contributed by atoms with Crippen LogP contribution >= 0.6 is 24.0 Å². The highest BCUT2D eigenvalue weighted by molar-refractivity contribution is 6.30. The molecule has 3 aromatic carbocycles. The number of aromatic nitrogens is 2. The van der Waals surface area contributed by atoms with Gasteiger partial charge in [-0.3, -0.25) is 0 Å². The van der Waals surface area contributed by atoms with Crippen molar-refractivity contribution in [1.29, 1.82) is 0 Å². The van der Waals surface area contributed by atoms with E-state index in [1.54, 1.807) is 25.1 Å². The van der Waals surface area contributed by atoms with Crippen molar-refractivity contribution < 1.29 is 9.53 Å². The number of hydrogen-bond donors (Lipinski definition) is 1. The van der Waals surface area contributed by atoms with Crippen molar-refractivity contribution in [2.24, 2.45) is 0 Å². The molecule has 7 heteroatoms. The summed E-state index contributed by atoms with van der Waals surface area (Å²) >= 11 is 6.00. The lowest BCUT2D eigenvalue weighted by Crippen LogP contribution is -2.05. The van der Waals surface area contributed by atoms with Gasteiger partial charge in [0.1, 0.15) is 5.82 Å². The molecule has 0 aliphatic carbocycles. The Morgan fingerprint density at radius 1 is 1.00 bits per heavy atom. The third-order valence-electron chi connectivity index (χ3n) is 4.34. The lowest BCUT2D eigenvalue weighted by molar-refractivity contribution is 0.0526. The van der Waals surface area contributed by atoms with Crippen LogP contribution in [0.5, 0.6) is 0 Å². The molecule has 0 bridgehead atoms. The van der Waals surface area contributed by atoms with Crippen molar-refractivity contribution in [3.63, 3.8) is 0 Å². The van der Waals surface area contributed by atoms with Crippen LogP contribution in [-0.4, -0.2) is 22.5 Å². The number of carbonyl (C=O) groups is 1. The number of esters is 1. The maximum absolute atomic E-state index is 12.0. The van der Waals surface area contributed by atoms with Gasteiger partial charge in [-0.15, -0.1) is 12.4 Å². The molecule has 0 saturated carbocycles. The van der Waals surface area contributed by atoms with E-state index in [1.165, 1.54) is 0 Å². The fraction of sp³-hybridized carbons (Fsp3) is 0.0870. The maximum atomic E-state index is 12.0. The number of ether oxygens (including phenoxy) is 1. The lowest BCUT2D eigenvalue weighted by atomic mass is 10.1. The number of nitrogens with zero attached hydrogens (tertiary/aromatic N) is 2. The molecule has 0 saturated heterocycles. The molecule has 30 heavy (non-hydrogen) atoms. The zero-order valence-corrected chi connectivity index (χ0v) is 17.7. The van der Waals surface area contributed by atoms with E-state index in [9.17, 15) is 4.79 Å². The van der Waals surface area contributed by atoms with Gasteiger partial charge in [-0.1, -0.05) is 29.8 Å². The van der Waals surface area contributed by atoms with Crippen molar-refractivity contribution in [3.05, 3.63) is 83.4 Å². The first-order chi connectivity index (χ1) is 14.1. The molecule has 0 unspecified atom stereocenters. The van der Waals surface area contributed by atoms with Gasteiger partial charge in [0.25, 0.3) is 0 Å². The molecule has 1 N–H and O–H groups in total. The van der Waals surface area contributed by atoms with Gasteiger partial charge in [0, 0.05) is 21.7 Å². The third kappa shape index (κ3) is 4.70. The number of fused-ring (bicyclic) bond motifs is 1. The van der Waals surface area contributed by atoms with Crippen LogP contribution in [-0.2, 0) is 4.74 Å². The van der Waals surface area contributed by atoms with Gasteiger partial charge >= 0.3 is 5.97 Å². The summed E-state index contributed by atoms with van der Waals surface area (Å²) in [5.41, 5.74) is 2.90. The molecule has 5 nitrogen and oxygen atoms in total. The fourth-order valence-corrected chi connectivity index (χ4v) is 3.10. The van der Waals surface area contributed by atoms with Crippen LogP contribution in [0.2, 0.25) is 5.02 Å². The third-order valence-corrected chi connectivity index (χ3v) is 4.59. The Labute approximate surface area is 185 Å². The molecule has 0 aliphatic rings. The average molecular weight is 440 g/mol. The highest BCUT2D eigenvalue weighted by Gasteiger charge is 2.11. The normalized spacial score (nSPS) is 10.3. The van der Waals surface area contributed by atoms with E-state index in [2.05, 4.69) is 10.3 Å². The first-order valence-electron chi connectivity index (χ1n) is 9.21. The second kappa shape index (κ2) is 9.57. The van der Waals surface area contributed by atoms with E-state index in [1.807, 2.05) is 54.6 Å². The van der Waals surface area contributed by atoms with Crippen molar-refractivity contribution in [2.45, 2.75) is 6.92 Å². The Balaban J connectivity index is 0.00000256. The van der Waals surface area contributed by atoms with Crippen molar-refractivity contribution in [1.82, 2.24) is 9.97 Å². The molecule has 0 fully saturated rings. The van der Waals surface area contributed by atoms with Gasteiger partial charge in [0.2, 0.25) is 0 Å². The van der Waals surface area contributed by atoms with Gasteiger partial charge in [-0.05, 0) is 61.5 Å². The molecule has 4 aromatic rings. The topological polar surface area (TPSA) is 64.1 Å². The summed E-state index contributed by atoms with van der Waals surface area (Å²) in [6.07, 6.45) is 0. The minimum atomic E-state index is -0.356. The van der Waals surface area contributed by atoms with Gasteiger partial charge < -0.3 is 10.1 Å². The zero-order valence-electron chi connectivity index (χ0n) is 16.1. The average Bonchev–Trinajstić information content (AvgIpc) is 2.74.